The minimum absolute atomic E-state index is 0.661. The van der Waals surface area contributed by atoms with Crippen molar-refractivity contribution in [3.63, 3.8) is 0 Å². The fourth-order valence-corrected chi connectivity index (χ4v) is 2.15. The van der Waals surface area contributed by atoms with E-state index in [0.29, 0.717) is 13.2 Å². The van der Waals surface area contributed by atoms with Gasteiger partial charge in [0.15, 0.2) is 0 Å². The highest BCUT2D eigenvalue weighted by Crippen LogP contribution is 2.19. The first-order valence-electron chi connectivity index (χ1n) is 7.37. The van der Waals surface area contributed by atoms with Gasteiger partial charge >= 0.3 is 0 Å². The van der Waals surface area contributed by atoms with Crippen LogP contribution in [-0.4, -0.2) is 46.6 Å². The molecule has 0 bridgehead atoms. The van der Waals surface area contributed by atoms with Crippen LogP contribution in [0.25, 0.3) is 0 Å². The molecule has 1 rings (SSSR count). The Balaban J connectivity index is 2.42. The maximum atomic E-state index is 5.64. The van der Waals surface area contributed by atoms with E-state index < -0.39 is 0 Å². The maximum absolute atomic E-state index is 5.64. The van der Waals surface area contributed by atoms with Gasteiger partial charge in [-0.15, -0.1) is 0 Å². The average molecular weight is 280 g/mol. The molecule has 0 heterocycles. The number of para-hydroxylation sites is 1. The first-order chi connectivity index (χ1) is 9.79. The van der Waals surface area contributed by atoms with Gasteiger partial charge < -0.3 is 20.1 Å². The zero-order chi connectivity index (χ0) is 14.6. The number of aryl methyl sites for hydroxylation is 1. The van der Waals surface area contributed by atoms with Crippen molar-refractivity contribution in [1.29, 1.82) is 0 Å². The lowest BCUT2D eigenvalue weighted by Gasteiger charge is -2.26. The molecule has 0 aromatic heterocycles. The summed E-state index contributed by atoms with van der Waals surface area (Å²) in [6.45, 7) is 6.98. The number of hydrogen-bond acceptors (Lipinski definition) is 4. The van der Waals surface area contributed by atoms with E-state index in [-0.39, 0.29) is 0 Å². The summed E-state index contributed by atoms with van der Waals surface area (Å²) in [4.78, 5) is 2.40. The molecule has 0 saturated heterocycles. The highest BCUT2D eigenvalue weighted by Gasteiger charge is 2.08. The van der Waals surface area contributed by atoms with Crippen LogP contribution in [0.5, 0.6) is 0 Å². The molecule has 0 unspecified atom stereocenters. The average Bonchev–Trinajstić information content (AvgIpc) is 2.47. The van der Waals surface area contributed by atoms with Gasteiger partial charge in [0.2, 0.25) is 0 Å². The Morgan fingerprint density at radius 1 is 1.05 bits per heavy atom. The Morgan fingerprint density at radius 3 is 2.50 bits per heavy atom. The summed E-state index contributed by atoms with van der Waals surface area (Å²) in [5.74, 6) is 0. The Bertz CT molecular complexity index is 358. The summed E-state index contributed by atoms with van der Waals surface area (Å²) in [5.41, 5.74) is 8.25. The number of rotatable bonds is 11. The molecule has 0 aliphatic heterocycles. The van der Waals surface area contributed by atoms with Crippen molar-refractivity contribution in [2.24, 2.45) is 5.73 Å². The molecule has 1 aromatic carbocycles. The van der Waals surface area contributed by atoms with Gasteiger partial charge in [0.1, 0.15) is 0 Å². The normalized spacial score (nSPS) is 10.8. The fraction of sp³-hybridized carbons (Fsp3) is 0.625. The number of anilines is 1. The second-order valence-corrected chi connectivity index (χ2v) is 4.87. The second-order valence-electron chi connectivity index (χ2n) is 4.87. The van der Waals surface area contributed by atoms with Gasteiger partial charge in [-0.3, -0.25) is 0 Å². The van der Waals surface area contributed by atoms with E-state index in [9.17, 15) is 0 Å². The van der Waals surface area contributed by atoms with Crippen molar-refractivity contribution >= 4 is 5.69 Å². The molecule has 0 aliphatic rings. The van der Waals surface area contributed by atoms with E-state index in [1.165, 1.54) is 11.3 Å². The predicted octanol–water partition coefficient (Wildman–Crippen LogP) is 2.20. The minimum Gasteiger partial charge on any atom is -0.382 e. The molecule has 0 fully saturated rings. The van der Waals surface area contributed by atoms with Crippen LogP contribution in [0.15, 0.2) is 24.3 Å². The molecule has 4 nitrogen and oxygen atoms in total. The molecule has 20 heavy (non-hydrogen) atoms. The molecule has 0 saturated carbocycles. The van der Waals surface area contributed by atoms with Gasteiger partial charge in [-0.05, 0) is 37.9 Å². The Kier molecular flexibility index (Phi) is 9.04. The minimum atomic E-state index is 0.661. The van der Waals surface area contributed by atoms with Crippen LogP contribution in [0.4, 0.5) is 5.69 Å². The third-order valence-electron chi connectivity index (χ3n) is 3.24. The summed E-state index contributed by atoms with van der Waals surface area (Å²) in [5, 5.41) is 0. The van der Waals surface area contributed by atoms with E-state index in [2.05, 4.69) is 36.1 Å². The Hall–Kier alpha value is -1.10. The molecule has 0 spiro atoms. The molecule has 4 heteroatoms. The predicted molar refractivity (Wildman–Crippen MR) is 84.4 cm³/mol. The van der Waals surface area contributed by atoms with Crippen molar-refractivity contribution in [3.05, 3.63) is 29.8 Å². The second kappa shape index (κ2) is 10.7. The van der Waals surface area contributed by atoms with Crippen molar-refractivity contribution in [2.45, 2.75) is 19.8 Å². The zero-order valence-electron chi connectivity index (χ0n) is 12.8. The summed E-state index contributed by atoms with van der Waals surface area (Å²) in [6.07, 6.45) is 2.03. The van der Waals surface area contributed by atoms with Crippen molar-refractivity contribution in [1.82, 2.24) is 0 Å². The van der Waals surface area contributed by atoms with Gasteiger partial charge in [0.05, 0.1) is 13.2 Å². The van der Waals surface area contributed by atoms with E-state index in [1.54, 1.807) is 7.11 Å². The molecule has 2 N–H and O–H groups in total. The summed E-state index contributed by atoms with van der Waals surface area (Å²) >= 11 is 0. The van der Waals surface area contributed by atoms with Crippen LogP contribution in [0, 0.1) is 6.92 Å². The lowest BCUT2D eigenvalue weighted by Crippen LogP contribution is -2.28. The van der Waals surface area contributed by atoms with Crippen LogP contribution in [0.2, 0.25) is 0 Å². The monoisotopic (exact) mass is 280 g/mol. The standard InChI is InChI=1S/C16H28N2O2/c1-15-7-3-4-8-16(15)18(10-5-9-17)11-6-12-20-14-13-19-2/h3-4,7-8H,5-6,9-14,17H2,1-2H3. The SMILES string of the molecule is COCCOCCCN(CCCN)c1ccccc1C. The third kappa shape index (κ3) is 6.37. The lowest BCUT2D eigenvalue weighted by atomic mass is 10.1. The van der Waals surface area contributed by atoms with Crippen LogP contribution < -0.4 is 10.6 Å². The Labute approximate surface area is 122 Å². The number of ether oxygens (including phenoxy) is 2. The zero-order valence-corrected chi connectivity index (χ0v) is 12.8. The van der Waals surface area contributed by atoms with Crippen molar-refractivity contribution in [3.8, 4) is 0 Å². The van der Waals surface area contributed by atoms with E-state index in [0.717, 1.165) is 39.1 Å². The number of methoxy groups -OCH3 is 1. The first-order valence-corrected chi connectivity index (χ1v) is 7.37. The number of benzene rings is 1. The summed E-state index contributed by atoms with van der Waals surface area (Å²) in [7, 11) is 1.69. The molecular formula is C16H28N2O2. The topological polar surface area (TPSA) is 47.7 Å². The van der Waals surface area contributed by atoms with E-state index in [4.69, 9.17) is 15.2 Å². The smallest absolute Gasteiger partial charge is 0.0700 e. The van der Waals surface area contributed by atoms with Crippen LogP contribution in [0.3, 0.4) is 0 Å². The highest BCUT2D eigenvalue weighted by molar-refractivity contribution is 5.52. The van der Waals surface area contributed by atoms with E-state index >= 15 is 0 Å². The highest BCUT2D eigenvalue weighted by atomic mass is 16.5. The maximum Gasteiger partial charge on any atom is 0.0700 e. The molecular weight excluding hydrogens is 252 g/mol. The van der Waals surface area contributed by atoms with Gasteiger partial charge in [-0.2, -0.15) is 0 Å². The van der Waals surface area contributed by atoms with Crippen LogP contribution >= 0.6 is 0 Å². The number of nitrogens with two attached hydrogens (primary N) is 1. The summed E-state index contributed by atoms with van der Waals surface area (Å²) < 4.78 is 10.5. The van der Waals surface area contributed by atoms with E-state index in [1.807, 2.05) is 0 Å². The molecule has 0 amide bonds. The number of hydrogen-bond donors (Lipinski definition) is 1. The van der Waals surface area contributed by atoms with Gasteiger partial charge in [0.25, 0.3) is 0 Å². The van der Waals surface area contributed by atoms with Crippen molar-refractivity contribution < 1.29 is 9.47 Å². The fourth-order valence-electron chi connectivity index (χ4n) is 2.15. The molecule has 0 aliphatic carbocycles. The largest absolute Gasteiger partial charge is 0.382 e. The van der Waals surface area contributed by atoms with Gasteiger partial charge in [-0.25, -0.2) is 0 Å². The van der Waals surface area contributed by atoms with Crippen molar-refractivity contribution in [2.75, 3.05) is 51.5 Å². The lowest BCUT2D eigenvalue weighted by molar-refractivity contribution is 0.0700. The first kappa shape index (κ1) is 17.0. The molecule has 0 radical (unpaired) electrons. The molecule has 0 atom stereocenters. The van der Waals surface area contributed by atoms with Crippen LogP contribution in [0.1, 0.15) is 18.4 Å². The molecule has 1 aromatic rings. The Morgan fingerprint density at radius 2 is 1.80 bits per heavy atom. The summed E-state index contributed by atoms with van der Waals surface area (Å²) in [6, 6.07) is 8.50. The third-order valence-corrected chi connectivity index (χ3v) is 3.24. The molecule has 114 valence electrons. The number of nitrogens with zero attached hydrogens (tertiary/aromatic N) is 1. The quantitative estimate of drug-likeness (QED) is 0.631. The van der Waals surface area contributed by atoms with Gasteiger partial charge in [-0.1, -0.05) is 18.2 Å². The van der Waals surface area contributed by atoms with Gasteiger partial charge in [0, 0.05) is 32.5 Å². The van der Waals surface area contributed by atoms with Crippen LogP contribution in [-0.2, 0) is 9.47 Å².